The number of nitro groups is 4. The van der Waals surface area contributed by atoms with E-state index in [0.29, 0.717) is 11.1 Å². The summed E-state index contributed by atoms with van der Waals surface area (Å²) in [6, 6.07) is 26.3. The number of aromatic nitrogens is 2. The smallest absolute Gasteiger partial charge is 0.837 e. The molecule has 298 valence electrons. The molecule has 2 aromatic heterocycles. The second-order valence-electron chi connectivity index (χ2n) is 9.12. The van der Waals surface area contributed by atoms with Crippen LogP contribution in [-0.4, -0.2) is 67.0 Å². The predicted octanol–water partition coefficient (Wildman–Crippen LogP) is 1.23. The summed E-state index contributed by atoms with van der Waals surface area (Å²) in [6.07, 6.45) is 2.93. The SMILES string of the molecule is C[N+](=O)[O-].C[N+](=O)[O-].O=[N+]([O-])C[C@@]([O-])(c1ccccc1)c1ccccn1.O=[N+]([O-])C[C@]([O-])(c1ccccc1)c1ccccn1.O=[N+]([O-])[O-].O=[N+]([O-])[O-].[Cu+2].[Cu+2]. The molecule has 0 bridgehead atoms. The first-order valence-corrected chi connectivity index (χ1v) is 13.6. The zero-order valence-corrected chi connectivity index (χ0v) is 29.4. The zero-order chi connectivity index (χ0) is 40.3. The number of nitrogens with zero attached hydrogens (tertiary/aromatic N) is 8. The van der Waals surface area contributed by atoms with E-state index in [2.05, 4.69) is 9.97 Å². The average molecular weight is 860 g/mol. The summed E-state index contributed by atoms with van der Waals surface area (Å²) in [5.41, 5.74) is -2.89. The Morgan fingerprint density at radius 2 is 0.685 bits per heavy atom. The molecule has 2 atom stereocenters. The van der Waals surface area contributed by atoms with Crippen molar-refractivity contribution in [1.29, 1.82) is 0 Å². The van der Waals surface area contributed by atoms with Crippen LogP contribution in [0.4, 0.5) is 0 Å². The number of rotatable bonds is 8. The van der Waals surface area contributed by atoms with Crippen LogP contribution in [0.1, 0.15) is 22.5 Å². The van der Waals surface area contributed by atoms with Crippen LogP contribution in [0.3, 0.4) is 0 Å². The Morgan fingerprint density at radius 1 is 0.463 bits per heavy atom. The maximum Gasteiger partial charge on any atom is 2.00 e. The van der Waals surface area contributed by atoms with Crippen LogP contribution in [0.15, 0.2) is 109 Å². The Hall–Kier alpha value is -6.30. The fraction of sp³-hybridized carbons (Fsp3) is 0.214. The molecular weight excluding hydrogens is 831 g/mol. The molecule has 0 unspecified atom stereocenters. The van der Waals surface area contributed by atoms with Gasteiger partial charge in [-0.05, 0) is 35.4 Å². The van der Waals surface area contributed by atoms with Gasteiger partial charge in [-0.2, -0.15) is 0 Å². The van der Waals surface area contributed by atoms with Crippen LogP contribution >= 0.6 is 0 Å². The summed E-state index contributed by atoms with van der Waals surface area (Å²) in [6.45, 7) is -1.46. The summed E-state index contributed by atoms with van der Waals surface area (Å²) >= 11 is 0. The van der Waals surface area contributed by atoms with Gasteiger partial charge in [0.15, 0.2) is 14.1 Å². The van der Waals surface area contributed by atoms with Gasteiger partial charge in [0.1, 0.15) is 0 Å². The molecule has 54 heavy (non-hydrogen) atoms. The predicted molar refractivity (Wildman–Crippen MR) is 173 cm³/mol. The molecule has 26 heteroatoms. The van der Waals surface area contributed by atoms with E-state index in [-0.39, 0.29) is 45.5 Å². The van der Waals surface area contributed by atoms with Crippen molar-refractivity contribution in [2.24, 2.45) is 0 Å². The van der Waals surface area contributed by atoms with Crippen molar-refractivity contribution >= 4 is 0 Å². The van der Waals surface area contributed by atoms with Crippen LogP contribution in [-0.2, 0) is 45.3 Å². The standard InChI is InChI=1S/2C13H11N2O3.2CH3NO2.2Cu.2NO3/c2*16-13(10-15(17)18,11-6-2-1-3-7-11)12-8-4-5-9-14-12;2*1-2(3)4;;;2*2-1(3)4/h2*1-9H,10H2;2*1H3;;;;/q2*-1;;;2*+2;2*-1/t2*13-;;;;;;/m10....../s1. The van der Waals surface area contributed by atoms with E-state index in [0.717, 1.165) is 14.1 Å². The second kappa shape index (κ2) is 29.3. The van der Waals surface area contributed by atoms with Crippen molar-refractivity contribution in [2.75, 3.05) is 27.2 Å². The van der Waals surface area contributed by atoms with Crippen molar-refractivity contribution in [3.05, 3.63) is 203 Å². The monoisotopic (exact) mass is 858 g/mol. The molecule has 0 amide bonds. The van der Waals surface area contributed by atoms with Crippen LogP contribution in [0, 0.1) is 71.1 Å². The van der Waals surface area contributed by atoms with Crippen molar-refractivity contribution in [2.45, 2.75) is 11.2 Å². The van der Waals surface area contributed by atoms with Gasteiger partial charge in [-0.25, -0.2) is 0 Å². The molecule has 2 radical (unpaired) electrons. The first-order valence-electron chi connectivity index (χ1n) is 13.6. The molecule has 0 N–H and O–H groups in total. The molecule has 0 aliphatic rings. The van der Waals surface area contributed by atoms with E-state index in [1.807, 2.05) is 0 Å². The van der Waals surface area contributed by atoms with E-state index < -0.39 is 54.2 Å². The third kappa shape index (κ3) is 25.6. The van der Waals surface area contributed by atoms with Gasteiger partial charge in [0.25, 0.3) is 0 Å². The quantitative estimate of drug-likeness (QED) is 0.136. The Labute approximate surface area is 324 Å². The van der Waals surface area contributed by atoms with E-state index in [1.54, 1.807) is 84.9 Å². The minimum atomic E-state index is -1.95. The minimum Gasteiger partial charge on any atom is -0.837 e. The molecule has 2 heterocycles. The molecule has 0 aliphatic carbocycles. The molecule has 2 aromatic carbocycles. The molecule has 0 saturated heterocycles. The summed E-state index contributed by atoms with van der Waals surface area (Å²) < 4.78 is 0. The summed E-state index contributed by atoms with van der Waals surface area (Å²) in [4.78, 5) is 61.3. The van der Waals surface area contributed by atoms with Crippen LogP contribution in [0.5, 0.6) is 0 Å². The first kappa shape index (κ1) is 54.5. The number of hydrogen-bond donors (Lipinski definition) is 0. The normalized spacial score (nSPS) is 11.0. The van der Waals surface area contributed by atoms with Gasteiger partial charge in [-0.3, -0.25) is 50.4 Å². The molecule has 4 rings (SSSR count). The number of pyridine rings is 2. The summed E-state index contributed by atoms with van der Waals surface area (Å²) in [5, 5.41) is 94.2. The maximum atomic E-state index is 12.8. The van der Waals surface area contributed by atoms with Gasteiger partial charge >= 0.3 is 34.1 Å². The number of benzene rings is 2. The van der Waals surface area contributed by atoms with Crippen LogP contribution < -0.4 is 10.2 Å². The molecule has 0 fully saturated rings. The Kier molecular flexibility index (Phi) is 29.6. The van der Waals surface area contributed by atoms with E-state index in [9.17, 15) is 30.4 Å². The van der Waals surface area contributed by atoms with Gasteiger partial charge in [-0.1, -0.05) is 72.8 Å². The molecular formula is C28H28Cu2N8O16. The van der Waals surface area contributed by atoms with Gasteiger partial charge in [0, 0.05) is 54.7 Å². The molecule has 0 spiro atoms. The Bertz CT molecular complexity index is 1440. The van der Waals surface area contributed by atoms with Gasteiger partial charge in [0.2, 0.25) is 13.1 Å². The van der Waals surface area contributed by atoms with Gasteiger partial charge in [-0.15, -0.1) is 0 Å². The summed E-state index contributed by atoms with van der Waals surface area (Å²) in [7, 11) is 1.78. The fourth-order valence-corrected chi connectivity index (χ4v) is 3.62. The first-order chi connectivity index (χ1) is 24.2. The van der Waals surface area contributed by atoms with Crippen molar-refractivity contribution < 1.29 is 74.2 Å². The molecule has 0 saturated carbocycles. The minimum absolute atomic E-state index is 0. The van der Waals surface area contributed by atoms with Crippen LogP contribution in [0.2, 0.25) is 0 Å². The molecule has 24 nitrogen and oxygen atoms in total. The van der Waals surface area contributed by atoms with Crippen LogP contribution in [0.25, 0.3) is 0 Å². The van der Waals surface area contributed by atoms with Crippen molar-refractivity contribution in [1.82, 2.24) is 9.97 Å². The fourth-order valence-electron chi connectivity index (χ4n) is 3.62. The van der Waals surface area contributed by atoms with Gasteiger partial charge in [0.05, 0.1) is 10.2 Å². The van der Waals surface area contributed by atoms with Crippen molar-refractivity contribution in [3.63, 3.8) is 0 Å². The maximum absolute atomic E-state index is 12.8. The molecule has 0 aliphatic heterocycles. The van der Waals surface area contributed by atoms with E-state index >= 15 is 0 Å². The largest absolute Gasteiger partial charge is 2.00 e. The van der Waals surface area contributed by atoms with E-state index in [4.69, 9.17) is 50.9 Å². The number of hydrogen-bond acceptors (Lipinski definition) is 18. The average Bonchev–Trinajstić information content (AvgIpc) is 3.05. The Morgan fingerprint density at radius 3 is 0.870 bits per heavy atom. The third-order valence-corrected chi connectivity index (χ3v) is 5.34. The topological polar surface area (TPSA) is 377 Å². The summed E-state index contributed by atoms with van der Waals surface area (Å²) in [5.74, 6) is 0. The third-order valence-electron chi connectivity index (χ3n) is 5.34. The Balaban J connectivity index is -0.000000324. The zero-order valence-electron chi connectivity index (χ0n) is 27.5. The van der Waals surface area contributed by atoms with Crippen molar-refractivity contribution in [3.8, 4) is 0 Å². The van der Waals surface area contributed by atoms with Gasteiger partial charge < -0.3 is 40.9 Å². The molecule has 4 aromatic rings. The van der Waals surface area contributed by atoms with E-state index in [1.165, 1.54) is 24.5 Å². The second-order valence-corrected chi connectivity index (χ2v) is 9.12.